The van der Waals surface area contributed by atoms with Gasteiger partial charge in [0.05, 0.1) is 6.42 Å². The van der Waals surface area contributed by atoms with Crippen LogP contribution in [0.25, 0.3) is 0 Å². The average Bonchev–Trinajstić information content (AvgIpc) is 2.29. The smallest absolute Gasteiger partial charge is 0.304 e. The zero-order valence-electron chi connectivity index (χ0n) is 9.73. The molecule has 0 aliphatic rings. The molecule has 1 rings (SSSR count). The number of nitrogens with zero attached hydrogens (tertiary/aromatic N) is 1. The predicted octanol–water partition coefficient (Wildman–Crippen LogP) is 2.23. The van der Waals surface area contributed by atoms with E-state index in [0.29, 0.717) is 19.7 Å². The van der Waals surface area contributed by atoms with Gasteiger partial charge in [0.25, 0.3) is 0 Å². The molecule has 1 N–H and O–H groups in total. The summed E-state index contributed by atoms with van der Waals surface area (Å²) in [4.78, 5) is 12.3. The summed E-state index contributed by atoms with van der Waals surface area (Å²) >= 11 is 3.35. The summed E-state index contributed by atoms with van der Waals surface area (Å²) in [6.07, 6.45) is 0.161. The first-order chi connectivity index (χ1) is 8.08. The Morgan fingerprint density at radius 3 is 2.59 bits per heavy atom. The molecule has 0 aliphatic carbocycles. The number of carbonyl (C=O) groups is 1. The van der Waals surface area contributed by atoms with E-state index in [9.17, 15) is 4.79 Å². The van der Waals surface area contributed by atoms with Crippen LogP contribution in [0.3, 0.4) is 0 Å². The highest BCUT2D eigenvalue weighted by Crippen LogP contribution is 2.15. The maximum atomic E-state index is 10.4. The van der Waals surface area contributed by atoms with Gasteiger partial charge in [0, 0.05) is 17.6 Å². The minimum absolute atomic E-state index is 0.161. The highest BCUT2D eigenvalue weighted by atomic mass is 79.9. The van der Waals surface area contributed by atoms with Crippen LogP contribution in [0, 0.1) is 0 Å². The van der Waals surface area contributed by atoms with Crippen LogP contribution in [-0.2, 0) is 4.79 Å². The second kappa shape index (κ2) is 7.29. The van der Waals surface area contributed by atoms with Crippen LogP contribution in [-0.4, -0.2) is 42.7 Å². The van der Waals surface area contributed by atoms with Crippen LogP contribution in [0.2, 0.25) is 0 Å². The van der Waals surface area contributed by atoms with Gasteiger partial charge in [-0.05, 0) is 31.3 Å². The van der Waals surface area contributed by atoms with Crippen molar-refractivity contribution in [2.45, 2.75) is 6.42 Å². The predicted molar refractivity (Wildman–Crippen MR) is 69.4 cm³/mol. The van der Waals surface area contributed by atoms with Gasteiger partial charge in [-0.3, -0.25) is 4.79 Å². The van der Waals surface area contributed by atoms with Crippen LogP contribution < -0.4 is 4.74 Å². The zero-order chi connectivity index (χ0) is 12.7. The molecule has 17 heavy (non-hydrogen) atoms. The number of ether oxygens (including phenoxy) is 1. The third-order valence-corrected chi connectivity index (χ3v) is 2.79. The molecule has 0 radical (unpaired) electrons. The lowest BCUT2D eigenvalue weighted by Crippen LogP contribution is -2.26. The molecular formula is C12H16BrNO3. The average molecular weight is 302 g/mol. The number of hydrogen-bond acceptors (Lipinski definition) is 3. The van der Waals surface area contributed by atoms with Gasteiger partial charge >= 0.3 is 5.97 Å². The number of aliphatic carboxylic acids is 1. The summed E-state index contributed by atoms with van der Waals surface area (Å²) < 4.78 is 6.55. The van der Waals surface area contributed by atoms with E-state index in [1.165, 1.54) is 0 Å². The van der Waals surface area contributed by atoms with Crippen molar-refractivity contribution in [3.63, 3.8) is 0 Å². The molecule has 0 aromatic heterocycles. The number of benzene rings is 1. The van der Waals surface area contributed by atoms with Gasteiger partial charge in [0.1, 0.15) is 12.4 Å². The first-order valence-electron chi connectivity index (χ1n) is 5.36. The number of halogens is 1. The molecule has 0 spiro atoms. The first kappa shape index (κ1) is 14.0. The third-order valence-electron chi connectivity index (χ3n) is 2.26. The summed E-state index contributed by atoms with van der Waals surface area (Å²) in [5, 5.41) is 8.53. The fourth-order valence-electron chi connectivity index (χ4n) is 1.25. The van der Waals surface area contributed by atoms with Crippen molar-refractivity contribution in [3.05, 3.63) is 28.7 Å². The molecule has 0 atom stereocenters. The van der Waals surface area contributed by atoms with E-state index >= 15 is 0 Å². The van der Waals surface area contributed by atoms with Gasteiger partial charge in [0.2, 0.25) is 0 Å². The Kier molecular flexibility index (Phi) is 6.00. The van der Waals surface area contributed by atoms with Crippen molar-refractivity contribution in [2.75, 3.05) is 26.7 Å². The van der Waals surface area contributed by atoms with Crippen molar-refractivity contribution < 1.29 is 14.6 Å². The molecular weight excluding hydrogens is 286 g/mol. The highest BCUT2D eigenvalue weighted by molar-refractivity contribution is 9.10. The number of rotatable bonds is 7. The lowest BCUT2D eigenvalue weighted by molar-refractivity contribution is -0.137. The van der Waals surface area contributed by atoms with E-state index in [2.05, 4.69) is 15.9 Å². The molecule has 0 aliphatic heterocycles. The molecule has 0 bridgehead atoms. The molecule has 1 aromatic carbocycles. The monoisotopic (exact) mass is 301 g/mol. The Morgan fingerprint density at radius 1 is 1.35 bits per heavy atom. The van der Waals surface area contributed by atoms with Crippen molar-refractivity contribution in [1.82, 2.24) is 4.90 Å². The van der Waals surface area contributed by atoms with Gasteiger partial charge in [-0.15, -0.1) is 0 Å². The van der Waals surface area contributed by atoms with E-state index in [1.54, 1.807) is 0 Å². The summed E-state index contributed by atoms with van der Waals surface area (Å²) in [7, 11) is 1.88. The molecule has 0 amide bonds. The van der Waals surface area contributed by atoms with Crippen molar-refractivity contribution in [1.29, 1.82) is 0 Å². The van der Waals surface area contributed by atoms with Gasteiger partial charge in [-0.1, -0.05) is 15.9 Å². The Morgan fingerprint density at radius 2 is 2.00 bits per heavy atom. The van der Waals surface area contributed by atoms with Crippen LogP contribution in [0.1, 0.15) is 6.42 Å². The van der Waals surface area contributed by atoms with E-state index < -0.39 is 5.97 Å². The fraction of sp³-hybridized carbons (Fsp3) is 0.417. The summed E-state index contributed by atoms with van der Waals surface area (Å²) in [6.45, 7) is 1.81. The fourth-order valence-corrected chi connectivity index (χ4v) is 1.51. The van der Waals surface area contributed by atoms with Crippen LogP contribution >= 0.6 is 15.9 Å². The second-order valence-electron chi connectivity index (χ2n) is 3.75. The third kappa shape index (κ3) is 6.28. The molecule has 94 valence electrons. The normalized spacial score (nSPS) is 10.5. The molecule has 0 fully saturated rings. The lowest BCUT2D eigenvalue weighted by Gasteiger charge is -2.15. The minimum Gasteiger partial charge on any atom is -0.492 e. The van der Waals surface area contributed by atoms with Gasteiger partial charge in [-0.25, -0.2) is 0 Å². The molecule has 5 heteroatoms. The largest absolute Gasteiger partial charge is 0.492 e. The number of likely N-dealkylation sites (N-methyl/N-ethyl adjacent to an activating group) is 1. The van der Waals surface area contributed by atoms with Crippen molar-refractivity contribution >= 4 is 21.9 Å². The molecule has 0 saturated carbocycles. The van der Waals surface area contributed by atoms with Crippen LogP contribution in [0.4, 0.5) is 0 Å². The number of hydrogen-bond donors (Lipinski definition) is 1. The Hall–Kier alpha value is -1.07. The maximum Gasteiger partial charge on any atom is 0.304 e. The second-order valence-corrected chi connectivity index (χ2v) is 4.67. The Bertz CT molecular complexity index is 353. The van der Waals surface area contributed by atoms with E-state index in [-0.39, 0.29) is 6.42 Å². The Labute approximate surface area is 109 Å². The SMILES string of the molecule is CN(CCOc1ccc(Br)cc1)CCC(=O)O. The summed E-state index contributed by atoms with van der Waals surface area (Å²) in [6, 6.07) is 7.62. The van der Waals surface area contributed by atoms with E-state index in [0.717, 1.165) is 10.2 Å². The zero-order valence-corrected chi connectivity index (χ0v) is 11.3. The minimum atomic E-state index is -0.773. The summed E-state index contributed by atoms with van der Waals surface area (Å²) in [5.74, 6) is 0.0468. The maximum absolute atomic E-state index is 10.4. The van der Waals surface area contributed by atoms with Crippen molar-refractivity contribution in [3.8, 4) is 5.75 Å². The highest BCUT2D eigenvalue weighted by Gasteiger charge is 2.02. The quantitative estimate of drug-likeness (QED) is 0.839. The van der Waals surface area contributed by atoms with Gasteiger partial charge in [-0.2, -0.15) is 0 Å². The first-order valence-corrected chi connectivity index (χ1v) is 6.16. The topological polar surface area (TPSA) is 49.8 Å². The van der Waals surface area contributed by atoms with Gasteiger partial charge < -0.3 is 14.7 Å². The molecule has 0 saturated heterocycles. The number of carboxylic acid groups (broad SMARTS) is 1. The van der Waals surface area contributed by atoms with E-state index in [1.807, 2.05) is 36.2 Å². The molecule has 0 unspecified atom stereocenters. The standard InChI is InChI=1S/C12H16BrNO3/c1-14(7-6-12(15)16)8-9-17-11-4-2-10(13)3-5-11/h2-5H,6-9H2,1H3,(H,15,16). The van der Waals surface area contributed by atoms with E-state index in [4.69, 9.17) is 9.84 Å². The van der Waals surface area contributed by atoms with Crippen LogP contribution in [0.15, 0.2) is 28.7 Å². The van der Waals surface area contributed by atoms with Crippen molar-refractivity contribution in [2.24, 2.45) is 0 Å². The molecule has 1 aromatic rings. The molecule has 0 heterocycles. The molecule has 4 nitrogen and oxygen atoms in total. The Balaban J connectivity index is 2.18. The van der Waals surface area contributed by atoms with Gasteiger partial charge in [0.15, 0.2) is 0 Å². The lowest BCUT2D eigenvalue weighted by atomic mass is 10.3. The van der Waals surface area contributed by atoms with Crippen LogP contribution in [0.5, 0.6) is 5.75 Å². The number of carboxylic acids is 1. The summed E-state index contributed by atoms with van der Waals surface area (Å²) in [5.41, 5.74) is 0.